The summed E-state index contributed by atoms with van der Waals surface area (Å²) in [7, 11) is 1.84. The van der Waals surface area contributed by atoms with Gasteiger partial charge in [-0.05, 0) is 54.8 Å². The van der Waals surface area contributed by atoms with Gasteiger partial charge >= 0.3 is 0 Å². The highest BCUT2D eigenvalue weighted by atomic mass is 19.1. The molecule has 3 aromatic heterocycles. The molecule has 10 nitrogen and oxygen atoms in total. The van der Waals surface area contributed by atoms with Gasteiger partial charge < -0.3 is 9.84 Å². The molecule has 0 saturated carbocycles. The summed E-state index contributed by atoms with van der Waals surface area (Å²) in [4.78, 5) is 19.9. The first-order valence-electron chi connectivity index (χ1n) is 12.8. The number of aliphatic hydroxyl groups is 1. The van der Waals surface area contributed by atoms with Crippen molar-refractivity contribution in [3.05, 3.63) is 95.1 Å². The summed E-state index contributed by atoms with van der Waals surface area (Å²) >= 11 is 0. The third-order valence-electron chi connectivity index (χ3n) is 7.12. The molecule has 0 aliphatic carbocycles. The molecule has 0 atom stereocenters. The average Bonchev–Trinajstić information content (AvgIpc) is 3.55. The molecule has 5 aromatic rings. The fraction of sp³-hybridized carbons (Fsp3) is 0.286. The number of hydrogen-bond donors (Lipinski definition) is 1. The maximum atomic E-state index is 13.3. The second-order valence-corrected chi connectivity index (χ2v) is 10.0. The van der Waals surface area contributed by atoms with Crippen molar-refractivity contribution < 1.29 is 14.2 Å². The van der Waals surface area contributed by atoms with E-state index in [1.807, 2.05) is 43.6 Å². The van der Waals surface area contributed by atoms with Crippen LogP contribution in [0, 0.1) is 5.82 Å². The molecule has 6 rings (SSSR count). The van der Waals surface area contributed by atoms with Crippen LogP contribution in [0.3, 0.4) is 0 Å². The van der Waals surface area contributed by atoms with E-state index < -0.39 is 5.60 Å². The Kier molecular flexibility index (Phi) is 6.45. The number of aryl methyl sites for hydroxylation is 1. The Morgan fingerprint density at radius 3 is 2.49 bits per heavy atom. The molecule has 0 bridgehead atoms. The van der Waals surface area contributed by atoms with Gasteiger partial charge in [-0.15, -0.1) is 5.10 Å². The third kappa shape index (κ3) is 5.31. The van der Waals surface area contributed by atoms with Crippen LogP contribution in [0.15, 0.2) is 78.1 Å². The molecule has 2 aromatic carbocycles. The highest BCUT2D eigenvalue weighted by molar-refractivity contribution is 5.74. The van der Waals surface area contributed by atoms with E-state index in [4.69, 9.17) is 4.74 Å². The van der Waals surface area contributed by atoms with E-state index >= 15 is 0 Å². The number of halogens is 1. The molecule has 1 fully saturated rings. The van der Waals surface area contributed by atoms with Crippen LogP contribution in [0.5, 0.6) is 11.6 Å². The minimum Gasteiger partial charge on any atom is -0.438 e. The lowest BCUT2D eigenvalue weighted by Crippen LogP contribution is -2.47. The fourth-order valence-corrected chi connectivity index (χ4v) is 4.93. The quantitative estimate of drug-likeness (QED) is 0.345. The van der Waals surface area contributed by atoms with Gasteiger partial charge in [0.15, 0.2) is 5.65 Å². The number of hydrogen-bond acceptors (Lipinski definition) is 7. The van der Waals surface area contributed by atoms with Crippen LogP contribution in [0.1, 0.15) is 18.4 Å². The second-order valence-electron chi connectivity index (χ2n) is 10.0. The molecule has 0 radical (unpaired) electrons. The summed E-state index contributed by atoms with van der Waals surface area (Å²) < 4.78 is 23.7. The smallest absolute Gasteiger partial charge is 0.264 e. The zero-order valence-electron chi connectivity index (χ0n) is 21.4. The molecule has 1 N–H and O–H groups in total. The van der Waals surface area contributed by atoms with Crippen LogP contribution in [0.2, 0.25) is 0 Å². The first-order valence-corrected chi connectivity index (χ1v) is 12.8. The second kappa shape index (κ2) is 10.1. The zero-order chi connectivity index (χ0) is 27.0. The Hall–Kier alpha value is -4.35. The Bertz CT molecular complexity index is 1650. The van der Waals surface area contributed by atoms with Crippen molar-refractivity contribution in [1.82, 2.24) is 34.0 Å². The van der Waals surface area contributed by atoms with Crippen LogP contribution < -0.4 is 10.3 Å². The highest BCUT2D eigenvalue weighted by Gasteiger charge is 2.33. The number of aromatic nitrogens is 6. The first-order chi connectivity index (χ1) is 18.8. The van der Waals surface area contributed by atoms with Crippen molar-refractivity contribution in [3.63, 3.8) is 0 Å². The van der Waals surface area contributed by atoms with E-state index in [0.717, 1.165) is 17.9 Å². The van der Waals surface area contributed by atoms with Crippen molar-refractivity contribution in [3.8, 4) is 17.3 Å². The van der Waals surface area contributed by atoms with E-state index in [1.165, 1.54) is 33.9 Å². The summed E-state index contributed by atoms with van der Waals surface area (Å²) in [6, 6.07) is 15.6. The van der Waals surface area contributed by atoms with Crippen LogP contribution in [-0.2, 0) is 20.1 Å². The van der Waals surface area contributed by atoms with Gasteiger partial charge in [-0.1, -0.05) is 12.1 Å². The molecule has 4 heterocycles. The Morgan fingerprint density at radius 1 is 1.05 bits per heavy atom. The van der Waals surface area contributed by atoms with Gasteiger partial charge in [0.2, 0.25) is 5.88 Å². The zero-order valence-corrected chi connectivity index (χ0v) is 21.4. The average molecular weight is 530 g/mol. The lowest BCUT2D eigenvalue weighted by atomic mass is 9.91. The summed E-state index contributed by atoms with van der Waals surface area (Å²) in [6.45, 7) is 2.32. The maximum Gasteiger partial charge on any atom is 0.264 e. The minimum absolute atomic E-state index is 0.157. The molecule has 1 aliphatic heterocycles. The number of likely N-dealkylation sites (tertiary alicyclic amines) is 1. The maximum absolute atomic E-state index is 13.3. The number of piperidine rings is 1. The summed E-state index contributed by atoms with van der Waals surface area (Å²) in [5.74, 6) is 0.925. The lowest BCUT2D eigenvalue weighted by molar-refractivity contribution is -0.0364. The molecule has 200 valence electrons. The van der Waals surface area contributed by atoms with Gasteiger partial charge in [0.25, 0.3) is 5.56 Å². The predicted octanol–water partition coefficient (Wildman–Crippen LogP) is 3.27. The van der Waals surface area contributed by atoms with Gasteiger partial charge in [-0.2, -0.15) is 5.10 Å². The minimum atomic E-state index is -1.01. The first kappa shape index (κ1) is 25.0. The van der Waals surface area contributed by atoms with Crippen molar-refractivity contribution in [2.24, 2.45) is 7.05 Å². The van der Waals surface area contributed by atoms with Crippen LogP contribution in [0.25, 0.3) is 16.7 Å². The normalized spacial score (nSPS) is 15.6. The largest absolute Gasteiger partial charge is 0.438 e. The summed E-state index contributed by atoms with van der Waals surface area (Å²) in [5, 5.41) is 20.1. The number of rotatable bonds is 7. The molecular weight excluding hydrogens is 501 g/mol. The number of fused-ring (bicyclic) bond motifs is 1. The summed E-state index contributed by atoms with van der Waals surface area (Å²) in [5.41, 5.74) is 0.872. The SMILES string of the molecule is Cn1ccc(Oc2ccc(CN3CCC(O)(Cn4cnc5c(cnn5-c5ccc(F)cc5)c4=O)CC3)cc2)n1. The molecule has 1 saturated heterocycles. The van der Waals surface area contributed by atoms with E-state index in [2.05, 4.69) is 20.1 Å². The Balaban J connectivity index is 1.08. The van der Waals surface area contributed by atoms with Gasteiger partial charge in [0, 0.05) is 38.9 Å². The molecule has 0 spiro atoms. The van der Waals surface area contributed by atoms with Crippen LogP contribution in [0.4, 0.5) is 4.39 Å². The monoisotopic (exact) mass is 529 g/mol. The number of benzene rings is 2. The Labute approximate surface area is 223 Å². The molecule has 0 amide bonds. The van der Waals surface area contributed by atoms with Crippen molar-refractivity contribution in [2.45, 2.75) is 31.5 Å². The van der Waals surface area contributed by atoms with Gasteiger partial charge in [-0.3, -0.25) is 18.9 Å². The molecular formula is C28H28FN7O3. The molecule has 11 heteroatoms. The predicted molar refractivity (Wildman–Crippen MR) is 142 cm³/mol. The number of ether oxygens (including phenoxy) is 1. The van der Waals surface area contributed by atoms with E-state index in [1.54, 1.807) is 16.8 Å². The van der Waals surface area contributed by atoms with Gasteiger partial charge in [0.1, 0.15) is 23.3 Å². The van der Waals surface area contributed by atoms with Crippen LogP contribution in [-0.4, -0.2) is 57.8 Å². The molecule has 39 heavy (non-hydrogen) atoms. The fourth-order valence-electron chi connectivity index (χ4n) is 4.93. The van der Waals surface area contributed by atoms with Gasteiger partial charge in [-0.25, -0.2) is 14.1 Å². The third-order valence-corrected chi connectivity index (χ3v) is 7.12. The lowest BCUT2D eigenvalue weighted by Gasteiger charge is -2.38. The summed E-state index contributed by atoms with van der Waals surface area (Å²) in [6.07, 6.45) is 5.81. The van der Waals surface area contributed by atoms with E-state index in [0.29, 0.717) is 48.5 Å². The number of nitrogens with zero attached hydrogens (tertiary/aromatic N) is 7. The molecule has 1 aliphatic rings. The topological polar surface area (TPSA) is 103 Å². The standard InChI is InChI=1S/C28H28FN7O3/c1-33-13-10-25(32-33)39-23-8-2-20(3-9-23)17-34-14-11-28(38,12-15-34)18-35-19-30-26-24(27(35)37)16-31-36(26)22-6-4-21(29)5-7-22/h2-10,13,16,19,38H,11-12,14-15,17-18H2,1H3. The van der Waals surface area contributed by atoms with Crippen molar-refractivity contribution in [1.29, 1.82) is 0 Å². The van der Waals surface area contributed by atoms with Crippen molar-refractivity contribution in [2.75, 3.05) is 13.1 Å². The molecule has 0 unspecified atom stereocenters. The highest BCUT2D eigenvalue weighted by Crippen LogP contribution is 2.26. The van der Waals surface area contributed by atoms with E-state index in [-0.39, 0.29) is 17.9 Å². The Morgan fingerprint density at radius 2 is 1.79 bits per heavy atom. The van der Waals surface area contributed by atoms with E-state index in [9.17, 15) is 14.3 Å². The van der Waals surface area contributed by atoms with Crippen LogP contribution >= 0.6 is 0 Å². The van der Waals surface area contributed by atoms with Crippen molar-refractivity contribution >= 4 is 11.0 Å². The van der Waals surface area contributed by atoms with Gasteiger partial charge in [0.05, 0.1) is 24.0 Å².